The third-order valence-corrected chi connectivity index (χ3v) is 6.62. The Morgan fingerprint density at radius 2 is 1.32 bits per heavy atom. The van der Waals surface area contributed by atoms with Gasteiger partial charge in [0.1, 0.15) is 0 Å². The van der Waals surface area contributed by atoms with Gasteiger partial charge in [0.25, 0.3) is 11.8 Å². The number of hydrogen-bond donors (Lipinski definition) is 2. The Balaban J connectivity index is 1.60. The number of carbonyl (C=O) groups is 2. The summed E-state index contributed by atoms with van der Waals surface area (Å²) < 4.78 is 0. The van der Waals surface area contributed by atoms with E-state index in [-0.39, 0.29) is 17.2 Å². The number of hydrogen-bond acceptors (Lipinski definition) is 2. The minimum atomic E-state index is -0.245. The molecular weight excluding hydrogens is 444 g/mol. The van der Waals surface area contributed by atoms with Gasteiger partial charge < -0.3 is 10.6 Å². The van der Waals surface area contributed by atoms with Crippen LogP contribution < -0.4 is 10.6 Å². The maximum absolute atomic E-state index is 12.7. The van der Waals surface area contributed by atoms with Crippen molar-refractivity contribution in [2.24, 2.45) is 11.8 Å². The van der Waals surface area contributed by atoms with Gasteiger partial charge in [0.05, 0.1) is 0 Å². The average molecular weight is 477 g/mol. The monoisotopic (exact) mass is 476 g/mol. The molecule has 1 atom stereocenters. The second kappa shape index (κ2) is 10.9. The molecule has 3 aromatic carbocycles. The van der Waals surface area contributed by atoms with Gasteiger partial charge in [-0.1, -0.05) is 64.4 Å². The van der Waals surface area contributed by atoms with Crippen molar-refractivity contribution in [1.29, 1.82) is 0 Å². The van der Waals surface area contributed by atoms with Gasteiger partial charge in [-0.05, 0) is 83.8 Å². The van der Waals surface area contributed by atoms with Crippen LogP contribution in [0.15, 0.2) is 72.8 Å². The molecule has 5 heteroatoms. The third kappa shape index (κ3) is 6.71. The van der Waals surface area contributed by atoms with Crippen LogP contribution in [0.1, 0.15) is 67.3 Å². The predicted octanol–water partition coefficient (Wildman–Crippen LogP) is 7.80. The van der Waals surface area contributed by atoms with Gasteiger partial charge in [0, 0.05) is 27.5 Å². The van der Waals surface area contributed by atoms with E-state index in [1.807, 2.05) is 12.1 Å². The van der Waals surface area contributed by atoms with E-state index in [1.165, 1.54) is 5.56 Å². The van der Waals surface area contributed by atoms with Crippen molar-refractivity contribution < 1.29 is 9.59 Å². The summed E-state index contributed by atoms with van der Waals surface area (Å²) in [7, 11) is 0. The molecule has 0 aliphatic heterocycles. The van der Waals surface area contributed by atoms with Crippen molar-refractivity contribution in [1.82, 2.24) is 0 Å². The number of nitrogens with one attached hydrogen (secondary N) is 2. The summed E-state index contributed by atoms with van der Waals surface area (Å²) in [6.45, 7) is 11.3. The molecule has 178 valence electrons. The van der Waals surface area contributed by atoms with Gasteiger partial charge in [-0.3, -0.25) is 9.59 Å². The van der Waals surface area contributed by atoms with Crippen LogP contribution in [0.25, 0.3) is 0 Å². The number of amides is 2. The number of anilines is 2. The maximum Gasteiger partial charge on any atom is 0.255 e. The summed E-state index contributed by atoms with van der Waals surface area (Å²) in [4.78, 5) is 25.1. The molecule has 0 aliphatic rings. The van der Waals surface area contributed by atoms with Gasteiger partial charge in [-0.15, -0.1) is 0 Å². The molecule has 2 N–H and O–H groups in total. The number of halogens is 1. The van der Waals surface area contributed by atoms with E-state index in [4.69, 9.17) is 11.6 Å². The molecule has 3 rings (SSSR count). The highest BCUT2D eigenvalue weighted by Gasteiger charge is 2.25. The fraction of sp³-hybridized carbons (Fsp3) is 0.310. The molecule has 0 saturated carbocycles. The summed E-state index contributed by atoms with van der Waals surface area (Å²) in [6, 6.07) is 21.7. The van der Waals surface area contributed by atoms with E-state index >= 15 is 0 Å². The lowest BCUT2D eigenvalue weighted by Crippen LogP contribution is -2.23. The van der Waals surface area contributed by atoms with Crippen molar-refractivity contribution in [3.8, 4) is 0 Å². The second-order valence-electron chi connectivity index (χ2n) is 9.88. The molecule has 4 nitrogen and oxygen atoms in total. The van der Waals surface area contributed by atoms with Crippen LogP contribution in [0, 0.1) is 11.8 Å². The second-order valence-corrected chi connectivity index (χ2v) is 10.3. The average Bonchev–Trinajstić information content (AvgIpc) is 2.80. The minimum absolute atomic E-state index is 0.0457. The molecule has 0 radical (unpaired) electrons. The molecule has 0 heterocycles. The van der Waals surface area contributed by atoms with Gasteiger partial charge in [-0.2, -0.15) is 0 Å². The van der Waals surface area contributed by atoms with E-state index < -0.39 is 0 Å². The molecule has 0 fully saturated rings. The highest BCUT2D eigenvalue weighted by molar-refractivity contribution is 6.31. The van der Waals surface area contributed by atoms with Crippen LogP contribution in [-0.4, -0.2) is 11.8 Å². The number of carbonyl (C=O) groups excluding carboxylic acids is 2. The zero-order valence-corrected chi connectivity index (χ0v) is 21.2. The third-order valence-electron chi connectivity index (χ3n) is 6.39. The zero-order valence-electron chi connectivity index (χ0n) is 20.5. The highest BCUT2D eigenvalue weighted by Crippen LogP contribution is 2.33. The minimum Gasteiger partial charge on any atom is -0.322 e. The largest absolute Gasteiger partial charge is 0.322 e. The molecule has 34 heavy (non-hydrogen) atoms. The Bertz CT molecular complexity index is 1140. The quantitative estimate of drug-likeness (QED) is 0.348. The van der Waals surface area contributed by atoms with E-state index in [1.54, 1.807) is 48.5 Å². The van der Waals surface area contributed by atoms with E-state index in [0.29, 0.717) is 39.4 Å². The molecular formula is C29H33ClN2O2. The SMILES string of the molecule is CC(C)C(C)CC(C)(C)c1ccc(C(=O)Nc2ccc(NC(=O)c3cccc(Cl)c3)cc2)cc1. The van der Waals surface area contributed by atoms with Gasteiger partial charge in [0.2, 0.25) is 0 Å². The molecule has 0 aromatic heterocycles. The lowest BCUT2D eigenvalue weighted by molar-refractivity contribution is 0.101. The fourth-order valence-electron chi connectivity index (χ4n) is 3.90. The zero-order chi connectivity index (χ0) is 24.9. The Kier molecular flexibility index (Phi) is 8.16. The predicted molar refractivity (Wildman–Crippen MR) is 142 cm³/mol. The van der Waals surface area contributed by atoms with Crippen LogP contribution >= 0.6 is 11.6 Å². The first kappa shape index (κ1) is 25.5. The molecule has 0 aliphatic carbocycles. The van der Waals surface area contributed by atoms with E-state index in [9.17, 15) is 9.59 Å². The standard InChI is InChI=1S/C29H33ClN2O2/c1-19(2)20(3)18-29(4,5)23-11-9-21(10-12-23)27(33)31-25-13-15-26(16-14-25)32-28(34)22-7-6-8-24(30)17-22/h6-17,19-20H,18H2,1-5H3,(H,31,33)(H,32,34). The van der Waals surface area contributed by atoms with Gasteiger partial charge >= 0.3 is 0 Å². The molecule has 0 bridgehead atoms. The van der Waals surface area contributed by atoms with Gasteiger partial charge in [0.15, 0.2) is 0 Å². The smallest absolute Gasteiger partial charge is 0.255 e. The van der Waals surface area contributed by atoms with Crippen LogP contribution in [0.5, 0.6) is 0 Å². The Hall–Kier alpha value is -3.11. The fourth-order valence-corrected chi connectivity index (χ4v) is 4.09. The Morgan fingerprint density at radius 1 is 0.794 bits per heavy atom. The first-order chi connectivity index (χ1) is 16.0. The molecule has 3 aromatic rings. The maximum atomic E-state index is 12.7. The summed E-state index contributed by atoms with van der Waals surface area (Å²) in [5.41, 5.74) is 3.65. The van der Waals surface area contributed by atoms with Crippen LogP contribution in [0.3, 0.4) is 0 Å². The first-order valence-electron chi connectivity index (χ1n) is 11.6. The number of rotatable bonds is 8. The molecule has 2 amide bonds. The first-order valence-corrected chi connectivity index (χ1v) is 12.0. The lowest BCUT2D eigenvalue weighted by atomic mass is 9.75. The van der Waals surface area contributed by atoms with Crippen LogP contribution in [0.4, 0.5) is 11.4 Å². The van der Waals surface area contributed by atoms with E-state index in [2.05, 4.69) is 57.4 Å². The molecule has 1 unspecified atom stereocenters. The summed E-state index contributed by atoms with van der Waals surface area (Å²) >= 11 is 5.95. The summed E-state index contributed by atoms with van der Waals surface area (Å²) in [5, 5.41) is 6.25. The Morgan fingerprint density at radius 3 is 1.82 bits per heavy atom. The number of benzene rings is 3. The lowest BCUT2D eigenvalue weighted by Gasteiger charge is -2.30. The summed E-state index contributed by atoms with van der Waals surface area (Å²) in [6.07, 6.45) is 1.09. The highest BCUT2D eigenvalue weighted by atomic mass is 35.5. The van der Waals surface area contributed by atoms with Crippen molar-refractivity contribution >= 4 is 34.8 Å². The van der Waals surface area contributed by atoms with Crippen molar-refractivity contribution in [2.75, 3.05) is 10.6 Å². The molecule has 0 spiro atoms. The van der Waals surface area contributed by atoms with Crippen molar-refractivity contribution in [2.45, 2.75) is 46.5 Å². The Labute approximate surface area is 207 Å². The van der Waals surface area contributed by atoms with Crippen LogP contribution in [0.2, 0.25) is 5.02 Å². The molecule has 0 saturated heterocycles. The van der Waals surface area contributed by atoms with Crippen LogP contribution in [-0.2, 0) is 5.41 Å². The topological polar surface area (TPSA) is 58.2 Å². The van der Waals surface area contributed by atoms with Crippen molar-refractivity contribution in [3.63, 3.8) is 0 Å². The normalized spacial score (nSPS) is 12.3. The van der Waals surface area contributed by atoms with Crippen molar-refractivity contribution in [3.05, 3.63) is 94.5 Å². The summed E-state index contributed by atoms with van der Waals surface area (Å²) in [5.74, 6) is 0.845. The van der Waals surface area contributed by atoms with Gasteiger partial charge in [-0.25, -0.2) is 0 Å². The van der Waals surface area contributed by atoms with E-state index in [0.717, 1.165) is 6.42 Å².